The van der Waals surface area contributed by atoms with Crippen LogP contribution in [0.25, 0.3) is 0 Å². The fraction of sp³-hybridized carbons (Fsp3) is 0.531. The molecule has 2 aromatic carbocycles. The van der Waals surface area contributed by atoms with Crippen LogP contribution in [0.15, 0.2) is 48.5 Å². The lowest BCUT2D eigenvalue weighted by atomic mass is 9.99. The average molecular weight is 584 g/mol. The van der Waals surface area contributed by atoms with Crippen molar-refractivity contribution in [3.05, 3.63) is 65.5 Å². The van der Waals surface area contributed by atoms with Crippen molar-refractivity contribution in [2.24, 2.45) is 5.92 Å². The van der Waals surface area contributed by atoms with Crippen LogP contribution in [0, 0.1) is 11.7 Å². The first-order valence-electron chi connectivity index (χ1n) is 14.7. The van der Waals surface area contributed by atoms with Gasteiger partial charge in [-0.25, -0.2) is 4.39 Å². The van der Waals surface area contributed by atoms with Gasteiger partial charge in [0.2, 0.25) is 17.7 Å². The minimum Gasteiger partial charge on any atom is -0.492 e. The number of amides is 3. The van der Waals surface area contributed by atoms with Crippen molar-refractivity contribution < 1.29 is 23.5 Å². The fourth-order valence-electron chi connectivity index (χ4n) is 5.01. The predicted molar refractivity (Wildman–Crippen MR) is 162 cm³/mol. The number of para-hydroxylation sites is 1. The molecule has 3 rings (SSSR count). The molecule has 0 bridgehead atoms. The summed E-state index contributed by atoms with van der Waals surface area (Å²) >= 11 is 0. The van der Waals surface area contributed by atoms with E-state index in [1.165, 1.54) is 12.1 Å². The van der Waals surface area contributed by atoms with Crippen molar-refractivity contribution in [2.45, 2.75) is 64.2 Å². The van der Waals surface area contributed by atoms with Gasteiger partial charge in [-0.15, -0.1) is 0 Å². The summed E-state index contributed by atoms with van der Waals surface area (Å²) in [6.07, 6.45) is 1.63. The Morgan fingerprint density at radius 3 is 2.45 bits per heavy atom. The average Bonchev–Trinajstić information content (AvgIpc) is 2.94. The summed E-state index contributed by atoms with van der Waals surface area (Å²) < 4.78 is 20.3. The van der Waals surface area contributed by atoms with Gasteiger partial charge in [0.25, 0.3) is 0 Å². The van der Waals surface area contributed by atoms with Gasteiger partial charge < -0.3 is 25.6 Å². The molecule has 42 heavy (non-hydrogen) atoms. The van der Waals surface area contributed by atoms with E-state index in [4.69, 9.17) is 4.74 Å². The largest absolute Gasteiger partial charge is 0.492 e. The lowest BCUT2D eigenvalue weighted by Crippen LogP contribution is -2.60. The predicted octanol–water partition coefficient (Wildman–Crippen LogP) is 2.39. The van der Waals surface area contributed by atoms with Gasteiger partial charge in [0, 0.05) is 19.1 Å². The standard InChI is InChI=1S/C32H46FN5O4/c1-21(2)29-32(41)35-26(19-37(4)5)30(39)34-16-10-13-24-12-7-8-15-28(24)42-20-22(3)38(6)27(31(40)36-29)18-23-11-9-14-25(33)17-23/h7-9,11-12,14-15,17,21-22,26-27,29H,10,13,16,18-20H2,1-6H3,(H,34,39)(H,35,41)(H,36,40)/t22-,26-,27+,29+/m0/s1. The van der Waals surface area contributed by atoms with Gasteiger partial charge in [0.05, 0.1) is 6.04 Å². The van der Waals surface area contributed by atoms with Crippen LogP contribution in [0.2, 0.25) is 0 Å². The third kappa shape index (κ3) is 9.52. The van der Waals surface area contributed by atoms with Gasteiger partial charge in [-0.05, 0) is 82.6 Å². The van der Waals surface area contributed by atoms with E-state index < -0.39 is 24.0 Å². The molecule has 1 heterocycles. The summed E-state index contributed by atoms with van der Waals surface area (Å²) in [4.78, 5) is 44.3. The van der Waals surface area contributed by atoms with Crippen LogP contribution in [0.1, 0.15) is 38.3 Å². The number of fused-ring (bicyclic) bond motifs is 1. The Balaban J connectivity index is 1.96. The summed E-state index contributed by atoms with van der Waals surface area (Å²) in [5.41, 5.74) is 1.69. The molecule has 0 aromatic heterocycles. The van der Waals surface area contributed by atoms with Crippen molar-refractivity contribution in [3.63, 3.8) is 0 Å². The van der Waals surface area contributed by atoms with E-state index in [0.29, 0.717) is 38.1 Å². The number of rotatable bonds is 5. The number of aryl methyl sites for hydroxylation is 1. The number of halogens is 1. The highest BCUT2D eigenvalue weighted by molar-refractivity contribution is 5.93. The van der Waals surface area contributed by atoms with Gasteiger partial charge in [-0.3, -0.25) is 19.3 Å². The quantitative estimate of drug-likeness (QED) is 0.500. The van der Waals surface area contributed by atoms with Crippen LogP contribution in [-0.2, 0) is 27.2 Å². The Labute approximate surface area is 249 Å². The molecule has 0 aliphatic carbocycles. The van der Waals surface area contributed by atoms with Crippen LogP contribution in [0.4, 0.5) is 4.39 Å². The first-order valence-corrected chi connectivity index (χ1v) is 14.7. The van der Waals surface area contributed by atoms with E-state index in [9.17, 15) is 18.8 Å². The van der Waals surface area contributed by atoms with Crippen LogP contribution < -0.4 is 20.7 Å². The number of hydrogen-bond donors (Lipinski definition) is 3. The van der Waals surface area contributed by atoms with Gasteiger partial charge in [0.1, 0.15) is 30.3 Å². The molecule has 1 aliphatic heterocycles. The monoisotopic (exact) mass is 583 g/mol. The van der Waals surface area contributed by atoms with E-state index in [-0.39, 0.29) is 36.0 Å². The van der Waals surface area contributed by atoms with Crippen LogP contribution in [-0.4, -0.2) is 92.5 Å². The molecule has 9 nitrogen and oxygen atoms in total. The topological polar surface area (TPSA) is 103 Å². The fourth-order valence-corrected chi connectivity index (χ4v) is 5.01. The first-order chi connectivity index (χ1) is 20.0. The molecule has 0 saturated heterocycles. The molecule has 3 amide bonds. The van der Waals surface area contributed by atoms with E-state index in [0.717, 1.165) is 11.3 Å². The maximum Gasteiger partial charge on any atom is 0.243 e. The number of benzene rings is 2. The van der Waals surface area contributed by atoms with E-state index >= 15 is 0 Å². The summed E-state index contributed by atoms with van der Waals surface area (Å²) in [6, 6.07) is 11.4. The smallest absolute Gasteiger partial charge is 0.243 e. The number of nitrogens with one attached hydrogen (secondary N) is 3. The Hall–Kier alpha value is -3.50. The molecule has 10 heteroatoms. The molecule has 0 saturated carbocycles. The Kier molecular flexibility index (Phi) is 12.3. The number of likely N-dealkylation sites (N-methyl/N-ethyl adjacent to an activating group) is 2. The SMILES string of the molecule is CC(C)[C@H]1NC(=O)[C@@H](Cc2cccc(F)c2)N(C)[C@@H](C)COc2ccccc2CCCNC(=O)[C@H](CN(C)C)NC1=O. The zero-order chi connectivity index (χ0) is 30.8. The Morgan fingerprint density at radius 1 is 1.02 bits per heavy atom. The minimum atomic E-state index is -0.879. The second-order valence-corrected chi connectivity index (χ2v) is 11.7. The third-order valence-corrected chi connectivity index (χ3v) is 7.61. The molecule has 0 radical (unpaired) electrons. The Bertz CT molecular complexity index is 1210. The highest BCUT2D eigenvalue weighted by Crippen LogP contribution is 2.21. The van der Waals surface area contributed by atoms with Gasteiger partial charge >= 0.3 is 0 Å². The molecule has 4 atom stereocenters. The molecular weight excluding hydrogens is 537 g/mol. The van der Waals surface area contributed by atoms with Crippen molar-refractivity contribution in [2.75, 3.05) is 40.8 Å². The van der Waals surface area contributed by atoms with Gasteiger partial charge in [-0.2, -0.15) is 0 Å². The highest BCUT2D eigenvalue weighted by atomic mass is 19.1. The maximum absolute atomic E-state index is 14.1. The molecular formula is C32H46FN5O4. The number of ether oxygens (including phenoxy) is 1. The molecule has 0 spiro atoms. The van der Waals surface area contributed by atoms with Crippen molar-refractivity contribution in [1.82, 2.24) is 25.8 Å². The number of nitrogens with zero attached hydrogens (tertiary/aromatic N) is 2. The minimum absolute atomic E-state index is 0.184. The van der Waals surface area contributed by atoms with E-state index in [1.807, 2.05) is 76.0 Å². The summed E-state index contributed by atoms with van der Waals surface area (Å²) in [5, 5.41) is 8.76. The lowest BCUT2D eigenvalue weighted by Gasteiger charge is -2.34. The van der Waals surface area contributed by atoms with Crippen LogP contribution in [0.5, 0.6) is 5.75 Å². The molecule has 0 fully saturated rings. The maximum atomic E-state index is 14.1. The zero-order valence-corrected chi connectivity index (χ0v) is 25.7. The van der Waals surface area contributed by atoms with E-state index in [1.54, 1.807) is 12.1 Å². The third-order valence-electron chi connectivity index (χ3n) is 7.61. The van der Waals surface area contributed by atoms with Crippen molar-refractivity contribution in [3.8, 4) is 5.75 Å². The first kappa shape index (κ1) is 33.0. The number of carbonyl (C=O) groups excluding carboxylic acids is 3. The highest BCUT2D eigenvalue weighted by Gasteiger charge is 2.34. The normalized spacial score (nSPS) is 23.7. The molecule has 1 aliphatic rings. The lowest BCUT2D eigenvalue weighted by molar-refractivity contribution is -0.135. The molecule has 3 N–H and O–H groups in total. The molecule has 2 aromatic rings. The summed E-state index contributed by atoms with van der Waals surface area (Å²) in [5.74, 6) is -0.951. The van der Waals surface area contributed by atoms with E-state index in [2.05, 4.69) is 16.0 Å². The second kappa shape index (κ2) is 15.7. The van der Waals surface area contributed by atoms with Crippen molar-refractivity contribution in [1.29, 1.82) is 0 Å². The number of carbonyl (C=O) groups is 3. The summed E-state index contributed by atoms with van der Waals surface area (Å²) in [6.45, 7) is 6.72. The molecule has 0 unspecified atom stereocenters. The second-order valence-electron chi connectivity index (χ2n) is 11.7. The molecule has 230 valence electrons. The van der Waals surface area contributed by atoms with Crippen molar-refractivity contribution >= 4 is 17.7 Å². The van der Waals surface area contributed by atoms with Gasteiger partial charge in [0.15, 0.2) is 0 Å². The number of hydrogen-bond acceptors (Lipinski definition) is 6. The Morgan fingerprint density at radius 2 is 1.76 bits per heavy atom. The summed E-state index contributed by atoms with van der Waals surface area (Å²) in [7, 11) is 5.50. The van der Waals surface area contributed by atoms with Crippen LogP contribution in [0.3, 0.4) is 0 Å². The van der Waals surface area contributed by atoms with Gasteiger partial charge in [-0.1, -0.05) is 44.2 Å². The zero-order valence-electron chi connectivity index (χ0n) is 25.7. The van der Waals surface area contributed by atoms with Crippen LogP contribution >= 0.6 is 0 Å².